The van der Waals surface area contributed by atoms with E-state index in [9.17, 15) is 10.2 Å². The van der Waals surface area contributed by atoms with E-state index in [-0.39, 0.29) is 0 Å². The van der Waals surface area contributed by atoms with Crippen molar-refractivity contribution in [2.75, 3.05) is 0 Å². The minimum Gasteiger partial charge on any atom is -0.368 e. The molecule has 2 aliphatic rings. The molecule has 0 amide bonds. The second-order valence-corrected chi connectivity index (χ2v) is 6.23. The van der Waals surface area contributed by atoms with Crippen LogP contribution in [0.25, 0.3) is 0 Å². The summed E-state index contributed by atoms with van der Waals surface area (Å²) in [5.74, 6) is 1.44. The Labute approximate surface area is 109 Å². The number of hydrogen-bond acceptors (Lipinski definition) is 2. The first-order valence-electron chi connectivity index (χ1n) is 7.07. The van der Waals surface area contributed by atoms with Crippen LogP contribution in [0.3, 0.4) is 0 Å². The molecule has 1 aromatic carbocycles. The van der Waals surface area contributed by atoms with E-state index in [0.717, 1.165) is 18.8 Å². The molecule has 0 spiro atoms. The average Bonchev–Trinajstić information content (AvgIpc) is 2.65. The number of aryl methyl sites for hydroxylation is 1. The molecular weight excluding hydrogens is 224 g/mol. The molecule has 0 fully saturated rings. The molecule has 2 heteroatoms. The van der Waals surface area contributed by atoms with Crippen molar-refractivity contribution in [1.29, 1.82) is 0 Å². The van der Waals surface area contributed by atoms with Crippen LogP contribution in [0, 0.1) is 11.8 Å². The Morgan fingerprint density at radius 3 is 2.44 bits per heavy atom. The van der Waals surface area contributed by atoms with Crippen LogP contribution < -0.4 is 0 Å². The minimum atomic E-state index is -1.21. The molecule has 0 saturated heterocycles. The number of aliphatic hydroxyl groups excluding tert-OH is 1. The maximum atomic E-state index is 9.31. The van der Waals surface area contributed by atoms with Gasteiger partial charge < -0.3 is 10.2 Å². The van der Waals surface area contributed by atoms with Gasteiger partial charge in [0.15, 0.2) is 6.29 Å². The highest BCUT2D eigenvalue weighted by Crippen LogP contribution is 2.40. The third-order valence-electron chi connectivity index (χ3n) is 4.77. The standard InChI is InChI=1S/C16H22O2/c1-9(2)11-6-12-5-10-3-4-13(10)15(8-16(17)18)14(12)7-11/h5,9,11,16-18H,3-4,6-8H2,1-2H3/t11-/m1/s1. The van der Waals surface area contributed by atoms with Crippen LogP contribution in [0.15, 0.2) is 6.07 Å². The molecule has 0 aromatic heterocycles. The van der Waals surface area contributed by atoms with E-state index < -0.39 is 6.29 Å². The second kappa shape index (κ2) is 4.36. The van der Waals surface area contributed by atoms with Gasteiger partial charge in [0.1, 0.15) is 0 Å². The fourth-order valence-electron chi connectivity index (χ4n) is 3.53. The number of aliphatic hydroxyl groups is 2. The summed E-state index contributed by atoms with van der Waals surface area (Å²) in [6, 6.07) is 2.38. The Kier molecular flexibility index (Phi) is 2.95. The maximum Gasteiger partial charge on any atom is 0.155 e. The molecule has 1 atom stereocenters. The normalized spacial score (nSPS) is 21.1. The van der Waals surface area contributed by atoms with E-state index in [1.165, 1.54) is 40.7 Å². The van der Waals surface area contributed by atoms with Crippen LogP contribution in [0.4, 0.5) is 0 Å². The molecular formula is C16H22O2. The van der Waals surface area contributed by atoms with Crippen LogP contribution in [-0.4, -0.2) is 16.5 Å². The van der Waals surface area contributed by atoms with Crippen molar-refractivity contribution in [3.63, 3.8) is 0 Å². The van der Waals surface area contributed by atoms with Crippen LogP contribution in [0.1, 0.15) is 41.7 Å². The molecule has 3 rings (SSSR count). The summed E-state index contributed by atoms with van der Waals surface area (Å²) < 4.78 is 0. The summed E-state index contributed by atoms with van der Waals surface area (Å²) in [7, 11) is 0. The Morgan fingerprint density at radius 1 is 1.11 bits per heavy atom. The predicted molar refractivity (Wildman–Crippen MR) is 71.5 cm³/mol. The van der Waals surface area contributed by atoms with Crippen molar-refractivity contribution in [1.82, 2.24) is 0 Å². The van der Waals surface area contributed by atoms with Crippen molar-refractivity contribution in [3.05, 3.63) is 33.9 Å². The highest BCUT2D eigenvalue weighted by atomic mass is 16.5. The quantitative estimate of drug-likeness (QED) is 0.801. The molecule has 1 aromatic rings. The zero-order valence-electron chi connectivity index (χ0n) is 11.2. The summed E-state index contributed by atoms with van der Waals surface area (Å²) in [6.45, 7) is 4.58. The molecule has 98 valence electrons. The summed E-state index contributed by atoms with van der Waals surface area (Å²) in [4.78, 5) is 0. The van der Waals surface area contributed by atoms with Gasteiger partial charge in [-0.15, -0.1) is 0 Å². The molecule has 0 aliphatic heterocycles. The second-order valence-electron chi connectivity index (χ2n) is 6.23. The number of rotatable bonds is 3. The molecule has 0 bridgehead atoms. The smallest absolute Gasteiger partial charge is 0.155 e. The van der Waals surface area contributed by atoms with Gasteiger partial charge in [-0.2, -0.15) is 0 Å². The van der Waals surface area contributed by atoms with Crippen LogP contribution in [0.5, 0.6) is 0 Å². The lowest BCUT2D eigenvalue weighted by Crippen LogP contribution is -2.19. The fraction of sp³-hybridized carbons (Fsp3) is 0.625. The minimum absolute atomic E-state index is 0.413. The molecule has 0 unspecified atom stereocenters. The monoisotopic (exact) mass is 246 g/mol. The molecule has 2 aliphatic carbocycles. The highest BCUT2D eigenvalue weighted by molar-refractivity contribution is 5.52. The molecule has 2 N–H and O–H groups in total. The number of benzene rings is 1. The van der Waals surface area contributed by atoms with Crippen molar-refractivity contribution >= 4 is 0 Å². The lowest BCUT2D eigenvalue weighted by atomic mass is 9.80. The van der Waals surface area contributed by atoms with E-state index in [1.54, 1.807) is 0 Å². The summed E-state index contributed by atoms with van der Waals surface area (Å²) in [5, 5.41) is 18.6. The summed E-state index contributed by atoms with van der Waals surface area (Å²) >= 11 is 0. The van der Waals surface area contributed by atoms with Gasteiger partial charge in [0.2, 0.25) is 0 Å². The number of fused-ring (bicyclic) bond motifs is 2. The first-order chi connectivity index (χ1) is 8.56. The summed E-state index contributed by atoms with van der Waals surface area (Å²) in [6.07, 6.45) is 3.80. The van der Waals surface area contributed by atoms with Gasteiger partial charge in [0.05, 0.1) is 0 Å². The molecule has 0 saturated carbocycles. The Hall–Kier alpha value is -0.860. The number of hydrogen-bond donors (Lipinski definition) is 2. The van der Waals surface area contributed by atoms with Crippen molar-refractivity contribution in [3.8, 4) is 0 Å². The van der Waals surface area contributed by atoms with Crippen molar-refractivity contribution < 1.29 is 10.2 Å². The van der Waals surface area contributed by atoms with Gasteiger partial charge in [-0.1, -0.05) is 19.9 Å². The van der Waals surface area contributed by atoms with Crippen LogP contribution >= 0.6 is 0 Å². The third kappa shape index (κ3) is 1.88. The maximum absolute atomic E-state index is 9.31. The molecule has 0 radical (unpaired) electrons. The topological polar surface area (TPSA) is 40.5 Å². The van der Waals surface area contributed by atoms with Crippen molar-refractivity contribution in [2.24, 2.45) is 11.8 Å². The van der Waals surface area contributed by atoms with E-state index in [1.807, 2.05) is 0 Å². The molecule has 0 heterocycles. The van der Waals surface area contributed by atoms with Crippen LogP contribution in [0.2, 0.25) is 0 Å². The SMILES string of the molecule is CC(C)[C@@H]1Cc2cc3c(c(CC(O)O)c2C1)CC3. The first kappa shape index (κ1) is 12.2. The Morgan fingerprint density at radius 2 is 1.89 bits per heavy atom. The van der Waals surface area contributed by atoms with Gasteiger partial charge in [0.25, 0.3) is 0 Å². The van der Waals surface area contributed by atoms with Gasteiger partial charge in [-0.25, -0.2) is 0 Å². The first-order valence-corrected chi connectivity index (χ1v) is 7.07. The predicted octanol–water partition coefficient (Wildman–Crippen LogP) is 2.01. The summed E-state index contributed by atoms with van der Waals surface area (Å²) in [5.41, 5.74) is 7.02. The van der Waals surface area contributed by atoms with Gasteiger partial charge in [-0.3, -0.25) is 0 Å². The third-order valence-corrected chi connectivity index (χ3v) is 4.77. The Bertz CT molecular complexity index is 474. The van der Waals surface area contributed by atoms with Gasteiger partial charge in [0, 0.05) is 6.42 Å². The zero-order chi connectivity index (χ0) is 12.9. The zero-order valence-corrected chi connectivity index (χ0v) is 11.2. The van der Waals surface area contributed by atoms with E-state index in [2.05, 4.69) is 19.9 Å². The lowest BCUT2D eigenvalue weighted by Gasteiger charge is -2.26. The van der Waals surface area contributed by atoms with Gasteiger partial charge in [-0.05, 0) is 65.3 Å². The van der Waals surface area contributed by atoms with Gasteiger partial charge >= 0.3 is 0 Å². The highest BCUT2D eigenvalue weighted by Gasteiger charge is 2.31. The Balaban J connectivity index is 2.00. The van der Waals surface area contributed by atoms with E-state index >= 15 is 0 Å². The van der Waals surface area contributed by atoms with Crippen LogP contribution in [-0.2, 0) is 32.1 Å². The molecule has 18 heavy (non-hydrogen) atoms. The largest absolute Gasteiger partial charge is 0.368 e. The molecule has 2 nitrogen and oxygen atoms in total. The van der Waals surface area contributed by atoms with Crippen molar-refractivity contribution in [2.45, 2.75) is 52.2 Å². The fourth-order valence-corrected chi connectivity index (χ4v) is 3.53. The van der Waals surface area contributed by atoms with E-state index in [0.29, 0.717) is 12.3 Å². The lowest BCUT2D eigenvalue weighted by molar-refractivity contribution is -0.0384. The van der Waals surface area contributed by atoms with E-state index in [4.69, 9.17) is 0 Å². The average molecular weight is 246 g/mol.